The molecule has 3 rings (SSSR count). The molecule has 2 aromatic rings. The van der Waals surface area contributed by atoms with Crippen LogP contribution in [0, 0.1) is 5.82 Å². The highest BCUT2D eigenvalue weighted by Crippen LogP contribution is 2.36. The summed E-state index contributed by atoms with van der Waals surface area (Å²) in [5.41, 5.74) is 0.689. The Morgan fingerprint density at radius 1 is 1.48 bits per heavy atom. The van der Waals surface area contributed by atoms with Crippen LogP contribution in [0.1, 0.15) is 12.1 Å². The summed E-state index contributed by atoms with van der Waals surface area (Å²) in [6.45, 7) is 0.198. The molecule has 2 aromatic heterocycles. The quantitative estimate of drug-likeness (QED) is 0.846. The minimum atomic E-state index is -1.40. The lowest BCUT2D eigenvalue weighted by Gasteiger charge is -2.29. The summed E-state index contributed by atoms with van der Waals surface area (Å²) in [6, 6.07) is 2.89. The average molecular weight is 358 g/mol. The van der Waals surface area contributed by atoms with Crippen molar-refractivity contribution >= 4 is 15.9 Å². The minimum Gasteiger partial charge on any atom is -0.381 e. The number of rotatable bonds is 3. The number of hydrogen-bond acceptors (Lipinski definition) is 3. The van der Waals surface area contributed by atoms with Crippen molar-refractivity contribution in [2.24, 2.45) is 0 Å². The van der Waals surface area contributed by atoms with Crippen LogP contribution in [0.5, 0.6) is 0 Å². The number of halogens is 3. The van der Waals surface area contributed by atoms with Crippen LogP contribution in [-0.4, -0.2) is 34.1 Å². The molecule has 0 bridgehead atoms. The third-order valence-electron chi connectivity index (χ3n) is 3.61. The Hall–Kier alpha value is -1.34. The molecule has 0 radical (unpaired) electrons. The molecule has 0 aliphatic carbocycles. The SMILES string of the molecule is COCC1(F)CCc2c(Br)c(-c3ccc(F)cn3)nn2C1. The molecular weight excluding hydrogens is 344 g/mol. The summed E-state index contributed by atoms with van der Waals surface area (Å²) in [4.78, 5) is 4.03. The van der Waals surface area contributed by atoms with E-state index < -0.39 is 11.5 Å². The average Bonchev–Trinajstić information content (AvgIpc) is 2.76. The molecule has 1 aliphatic heterocycles. The number of nitrogens with zero attached hydrogens (tertiary/aromatic N) is 3. The van der Waals surface area contributed by atoms with E-state index in [4.69, 9.17) is 4.74 Å². The van der Waals surface area contributed by atoms with Gasteiger partial charge in [-0.15, -0.1) is 0 Å². The van der Waals surface area contributed by atoms with Gasteiger partial charge in [0.05, 0.1) is 35.2 Å². The van der Waals surface area contributed by atoms with E-state index in [9.17, 15) is 8.78 Å². The topological polar surface area (TPSA) is 39.9 Å². The Kier molecular flexibility index (Phi) is 3.79. The summed E-state index contributed by atoms with van der Waals surface area (Å²) in [5, 5.41) is 4.42. The van der Waals surface area contributed by atoms with E-state index in [1.54, 1.807) is 10.7 Å². The predicted octanol–water partition coefficient (Wildman–Crippen LogP) is 3.15. The highest BCUT2D eigenvalue weighted by molar-refractivity contribution is 9.10. The molecule has 7 heteroatoms. The second-order valence-corrected chi connectivity index (χ2v) is 6.01. The van der Waals surface area contributed by atoms with Gasteiger partial charge in [-0.1, -0.05) is 0 Å². The molecule has 21 heavy (non-hydrogen) atoms. The van der Waals surface area contributed by atoms with Gasteiger partial charge >= 0.3 is 0 Å². The summed E-state index contributed by atoms with van der Waals surface area (Å²) in [5.74, 6) is -0.401. The van der Waals surface area contributed by atoms with Gasteiger partial charge in [-0.05, 0) is 40.9 Å². The molecule has 0 spiro atoms. The number of fused-ring (bicyclic) bond motifs is 1. The highest BCUT2D eigenvalue weighted by Gasteiger charge is 2.37. The number of methoxy groups -OCH3 is 1. The third kappa shape index (κ3) is 2.72. The van der Waals surface area contributed by atoms with E-state index in [1.165, 1.54) is 13.2 Å². The second-order valence-electron chi connectivity index (χ2n) is 5.21. The predicted molar refractivity (Wildman–Crippen MR) is 77.2 cm³/mol. The Morgan fingerprint density at radius 3 is 2.95 bits per heavy atom. The fourth-order valence-electron chi connectivity index (χ4n) is 2.59. The Bertz CT molecular complexity index is 659. The van der Waals surface area contributed by atoms with Gasteiger partial charge < -0.3 is 4.74 Å². The number of aromatic nitrogens is 3. The van der Waals surface area contributed by atoms with Gasteiger partial charge in [0, 0.05) is 7.11 Å². The first kappa shape index (κ1) is 14.6. The molecular formula is C14H14BrF2N3O. The van der Waals surface area contributed by atoms with Gasteiger partial charge in [-0.2, -0.15) is 5.10 Å². The van der Waals surface area contributed by atoms with Gasteiger partial charge in [0.15, 0.2) is 5.67 Å². The van der Waals surface area contributed by atoms with E-state index in [1.807, 2.05) is 0 Å². The molecule has 0 N–H and O–H groups in total. The molecule has 1 aliphatic rings. The molecule has 112 valence electrons. The maximum Gasteiger partial charge on any atom is 0.153 e. The fraction of sp³-hybridized carbons (Fsp3) is 0.429. The maximum absolute atomic E-state index is 14.6. The summed E-state index contributed by atoms with van der Waals surface area (Å²) < 4.78 is 34.9. The van der Waals surface area contributed by atoms with Crippen molar-refractivity contribution in [2.75, 3.05) is 13.7 Å². The lowest BCUT2D eigenvalue weighted by molar-refractivity contribution is 0.00984. The molecule has 1 unspecified atom stereocenters. The molecule has 3 heterocycles. The van der Waals surface area contributed by atoms with Crippen molar-refractivity contribution in [3.8, 4) is 11.4 Å². The first-order chi connectivity index (χ1) is 10.0. The van der Waals surface area contributed by atoms with Crippen LogP contribution < -0.4 is 0 Å². The molecule has 0 aromatic carbocycles. The molecule has 0 saturated carbocycles. The van der Waals surface area contributed by atoms with Crippen LogP contribution in [0.3, 0.4) is 0 Å². The zero-order chi connectivity index (χ0) is 15.0. The van der Waals surface area contributed by atoms with Gasteiger partial charge in [-0.25, -0.2) is 8.78 Å². The lowest BCUT2D eigenvalue weighted by Crippen LogP contribution is -2.39. The zero-order valence-electron chi connectivity index (χ0n) is 11.4. The molecule has 1 atom stereocenters. The van der Waals surface area contributed by atoms with Crippen molar-refractivity contribution in [3.63, 3.8) is 0 Å². The van der Waals surface area contributed by atoms with Crippen molar-refractivity contribution < 1.29 is 13.5 Å². The van der Waals surface area contributed by atoms with Gasteiger partial charge in [0.2, 0.25) is 0 Å². The van der Waals surface area contributed by atoms with Crippen LogP contribution in [0.2, 0.25) is 0 Å². The monoisotopic (exact) mass is 357 g/mol. The van der Waals surface area contributed by atoms with Gasteiger partial charge in [0.1, 0.15) is 11.5 Å². The summed E-state index contributed by atoms with van der Waals surface area (Å²) in [7, 11) is 1.49. The zero-order valence-corrected chi connectivity index (χ0v) is 13.0. The Balaban J connectivity index is 1.97. The number of alkyl halides is 1. The normalized spacial score (nSPS) is 21.3. The number of ether oxygens (including phenoxy) is 1. The highest BCUT2D eigenvalue weighted by atomic mass is 79.9. The second kappa shape index (κ2) is 5.46. The van der Waals surface area contributed by atoms with Crippen LogP contribution in [-0.2, 0) is 17.7 Å². The van der Waals surface area contributed by atoms with Crippen molar-refractivity contribution in [3.05, 3.63) is 34.3 Å². The van der Waals surface area contributed by atoms with E-state index in [2.05, 4.69) is 26.0 Å². The van der Waals surface area contributed by atoms with E-state index in [-0.39, 0.29) is 13.2 Å². The van der Waals surface area contributed by atoms with Crippen LogP contribution >= 0.6 is 15.9 Å². The molecule has 0 amide bonds. The first-order valence-electron chi connectivity index (χ1n) is 6.57. The minimum absolute atomic E-state index is 0.0497. The number of pyridine rings is 1. The van der Waals surface area contributed by atoms with Crippen molar-refractivity contribution in [1.29, 1.82) is 0 Å². The van der Waals surface area contributed by atoms with Crippen molar-refractivity contribution in [1.82, 2.24) is 14.8 Å². The fourth-order valence-corrected chi connectivity index (χ4v) is 3.28. The van der Waals surface area contributed by atoms with E-state index in [0.29, 0.717) is 24.2 Å². The molecule has 0 saturated heterocycles. The first-order valence-corrected chi connectivity index (χ1v) is 7.37. The van der Waals surface area contributed by atoms with E-state index >= 15 is 0 Å². The van der Waals surface area contributed by atoms with Crippen molar-refractivity contribution in [2.45, 2.75) is 25.1 Å². The Labute approximate surface area is 129 Å². The number of hydrogen-bond donors (Lipinski definition) is 0. The molecule has 0 fully saturated rings. The summed E-state index contributed by atoms with van der Waals surface area (Å²) >= 11 is 3.50. The van der Waals surface area contributed by atoms with Crippen LogP contribution in [0.4, 0.5) is 8.78 Å². The maximum atomic E-state index is 14.6. The lowest BCUT2D eigenvalue weighted by atomic mass is 9.96. The standard InChI is InChI=1S/C14H14BrF2N3O/c1-21-8-14(17)5-4-11-12(15)13(19-20(11)7-14)10-3-2-9(16)6-18-10/h2-3,6H,4-5,7-8H2,1H3. The largest absolute Gasteiger partial charge is 0.381 e. The van der Waals surface area contributed by atoms with Gasteiger partial charge in [-0.3, -0.25) is 9.67 Å². The van der Waals surface area contributed by atoms with Crippen LogP contribution in [0.25, 0.3) is 11.4 Å². The van der Waals surface area contributed by atoms with Crippen LogP contribution in [0.15, 0.2) is 22.8 Å². The third-order valence-corrected chi connectivity index (χ3v) is 4.44. The smallest absolute Gasteiger partial charge is 0.153 e. The molecule has 4 nitrogen and oxygen atoms in total. The summed E-state index contributed by atoms with van der Waals surface area (Å²) in [6.07, 6.45) is 2.10. The Morgan fingerprint density at radius 2 is 2.29 bits per heavy atom. The van der Waals surface area contributed by atoms with Gasteiger partial charge in [0.25, 0.3) is 0 Å². The van der Waals surface area contributed by atoms with E-state index in [0.717, 1.165) is 16.4 Å².